The van der Waals surface area contributed by atoms with Gasteiger partial charge in [-0.15, -0.1) is 0 Å². The smallest absolute Gasteiger partial charge is 0.344 e. The van der Waals surface area contributed by atoms with Crippen molar-refractivity contribution in [3.63, 3.8) is 0 Å². The van der Waals surface area contributed by atoms with Crippen molar-refractivity contribution in [2.75, 3.05) is 6.61 Å². The van der Waals surface area contributed by atoms with Gasteiger partial charge in [0.2, 0.25) is 0 Å². The first kappa shape index (κ1) is 19.2. The summed E-state index contributed by atoms with van der Waals surface area (Å²) in [5, 5.41) is 10.8. The average Bonchev–Trinajstić information content (AvgIpc) is 3.00. The third-order valence-corrected chi connectivity index (χ3v) is 7.13. The molecule has 0 radical (unpaired) electrons. The molecule has 0 spiro atoms. The molecule has 152 valence electrons. The zero-order valence-electron chi connectivity index (χ0n) is 16.4. The Balaban J connectivity index is 1.31. The standard InChI is InChI=1S/C21H32O6/c1-3-15-6-16(17(4-2)26-15)19(23)25-11-18(22)27-21-9-13-5-14(10-21)8-20(24,7-13)12-21/h13-17,24H,3-12H2,1-2H3. The van der Waals surface area contributed by atoms with E-state index in [0.717, 1.165) is 44.9 Å². The number of rotatable bonds is 6. The molecular formula is C21H32O6. The zero-order chi connectivity index (χ0) is 19.2. The molecule has 4 saturated carbocycles. The zero-order valence-corrected chi connectivity index (χ0v) is 16.4. The molecule has 5 rings (SSSR count). The summed E-state index contributed by atoms with van der Waals surface area (Å²) in [5.41, 5.74) is -1.23. The van der Waals surface area contributed by atoms with Crippen LogP contribution in [0.5, 0.6) is 0 Å². The fourth-order valence-corrected chi connectivity index (χ4v) is 6.48. The maximum absolute atomic E-state index is 12.4. The number of hydrogen-bond acceptors (Lipinski definition) is 6. The third kappa shape index (κ3) is 3.75. The van der Waals surface area contributed by atoms with Crippen molar-refractivity contribution < 1.29 is 28.9 Å². The molecule has 5 atom stereocenters. The van der Waals surface area contributed by atoms with Crippen LogP contribution in [0.3, 0.4) is 0 Å². The van der Waals surface area contributed by atoms with E-state index in [1.165, 1.54) is 0 Å². The van der Waals surface area contributed by atoms with Crippen LogP contribution in [0, 0.1) is 17.8 Å². The predicted molar refractivity (Wildman–Crippen MR) is 96.8 cm³/mol. The van der Waals surface area contributed by atoms with Crippen molar-refractivity contribution in [2.24, 2.45) is 17.8 Å². The average molecular weight is 380 g/mol. The van der Waals surface area contributed by atoms with Crippen molar-refractivity contribution in [3.05, 3.63) is 0 Å². The Hall–Kier alpha value is -1.14. The predicted octanol–water partition coefficient (Wildman–Crippen LogP) is 2.75. The summed E-state index contributed by atoms with van der Waals surface area (Å²) in [6.07, 6.45) is 7.23. The molecule has 5 aliphatic rings. The van der Waals surface area contributed by atoms with Crippen LogP contribution in [0.4, 0.5) is 0 Å². The van der Waals surface area contributed by atoms with Crippen LogP contribution in [-0.2, 0) is 23.8 Å². The van der Waals surface area contributed by atoms with E-state index in [2.05, 4.69) is 0 Å². The van der Waals surface area contributed by atoms with Crippen molar-refractivity contribution in [2.45, 2.75) is 95.0 Å². The lowest BCUT2D eigenvalue weighted by Crippen LogP contribution is -2.60. The normalized spacial score (nSPS) is 45.1. The topological polar surface area (TPSA) is 82.1 Å². The second-order valence-corrected chi connectivity index (χ2v) is 9.41. The highest BCUT2D eigenvalue weighted by Crippen LogP contribution is 2.58. The molecule has 0 aromatic rings. The highest BCUT2D eigenvalue weighted by molar-refractivity contribution is 5.78. The summed E-state index contributed by atoms with van der Waals surface area (Å²) < 4.78 is 17.0. The SMILES string of the molecule is CCC1CC(C(=O)OCC(=O)OC23CC4CC(CC(O)(C4)C2)C3)C(CC)O1. The van der Waals surface area contributed by atoms with E-state index >= 15 is 0 Å². The van der Waals surface area contributed by atoms with Gasteiger partial charge >= 0.3 is 11.9 Å². The molecule has 6 nitrogen and oxygen atoms in total. The maximum Gasteiger partial charge on any atom is 0.344 e. The van der Waals surface area contributed by atoms with E-state index in [-0.39, 0.29) is 30.7 Å². The lowest BCUT2D eigenvalue weighted by Gasteiger charge is -2.59. The number of hydrogen-bond donors (Lipinski definition) is 1. The molecule has 0 aromatic heterocycles. The van der Waals surface area contributed by atoms with Crippen molar-refractivity contribution in [1.82, 2.24) is 0 Å². The second-order valence-electron chi connectivity index (χ2n) is 9.41. The summed E-state index contributed by atoms with van der Waals surface area (Å²) in [4.78, 5) is 24.9. The molecule has 6 heteroatoms. The Morgan fingerprint density at radius 1 is 1.07 bits per heavy atom. The molecule has 5 fully saturated rings. The highest BCUT2D eigenvalue weighted by atomic mass is 16.6. The van der Waals surface area contributed by atoms with Gasteiger partial charge in [0.1, 0.15) is 5.60 Å². The minimum Gasteiger partial charge on any atom is -0.456 e. The monoisotopic (exact) mass is 380 g/mol. The van der Waals surface area contributed by atoms with Gasteiger partial charge in [-0.2, -0.15) is 0 Å². The quantitative estimate of drug-likeness (QED) is 0.714. The fraction of sp³-hybridized carbons (Fsp3) is 0.905. The maximum atomic E-state index is 12.4. The minimum atomic E-state index is -0.675. The Labute approximate surface area is 160 Å². The van der Waals surface area contributed by atoms with E-state index < -0.39 is 17.2 Å². The summed E-state index contributed by atoms with van der Waals surface area (Å²) in [7, 11) is 0. The van der Waals surface area contributed by atoms with Crippen LogP contribution in [0.1, 0.15) is 71.6 Å². The summed E-state index contributed by atoms with van der Waals surface area (Å²) in [6.45, 7) is 3.69. The van der Waals surface area contributed by atoms with Gasteiger partial charge in [-0.05, 0) is 63.2 Å². The molecular weight excluding hydrogens is 348 g/mol. The second kappa shape index (κ2) is 7.03. The molecule has 0 amide bonds. The van der Waals surface area contributed by atoms with Crippen molar-refractivity contribution >= 4 is 11.9 Å². The molecule has 1 saturated heterocycles. The summed E-state index contributed by atoms with van der Waals surface area (Å²) in [5.74, 6) is -0.267. The van der Waals surface area contributed by atoms with Gasteiger partial charge in [-0.3, -0.25) is 4.79 Å². The largest absolute Gasteiger partial charge is 0.456 e. The van der Waals surface area contributed by atoms with E-state index in [1.807, 2.05) is 13.8 Å². The van der Waals surface area contributed by atoms with Crippen LogP contribution in [0.25, 0.3) is 0 Å². The molecule has 0 aromatic carbocycles. The molecule has 1 N–H and O–H groups in total. The molecule has 4 bridgehead atoms. The molecule has 5 unspecified atom stereocenters. The number of aliphatic hydroxyl groups is 1. The van der Waals surface area contributed by atoms with Gasteiger partial charge in [0.05, 0.1) is 23.7 Å². The first-order valence-corrected chi connectivity index (χ1v) is 10.6. The minimum absolute atomic E-state index is 0.0900. The van der Waals surface area contributed by atoms with E-state index in [0.29, 0.717) is 24.7 Å². The van der Waals surface area contributed by atoms with Crippen LogP contribution in [-0.4, -0.2) is 47.1 Å². The molecule has 27 heavy (non-hydrogen) atoms. The first-order chi connectivity index (χ1) is 12.8. The van der Waals surface area contributed by atoms with Crippen molar-refractivity contribution in [3.8, 4) is 0 Å². The number of carbonyl (C=O) groups excluding carboxylic acids is 2. The van der Waals surface area contributed by atoms with E-state index in [9.17, 15) is 14.7 Å². The third-order valence-electron chi connectivity index (χ3n) is 7.13. The van der Waals surface area contributed by atoms with Gasteiger partial charge in [0, 0.05) is 6.42 Å². The van der Waals surface area contributed by atoms with Crippen LogP contribution in [0.15, 0.2) is 0 Å². The van der Waals surface area contributed by atoms with Gasteiger partial charge in [-0.25, -0.2) is 4.79 Å². The van der Waals surface area contributed by atoms with Gasteiger partial charge in [0.25, 0.3) is 0 Å². The van der Waals surface area contributed by atoms with Crippen LogP contribution >= 0.6 is 0 Å². The Morgan fingerprint density at radius 2 is 1.78 bits per heavy atom. The Bertz CT molecular complexity index is 587. The molecule has 4 aliphatic carbocycles. The Morgan fingerprint density at radius 3 is 2.37 bits per heavy atom. The van der Waals surface area contributed by atoms with Crippen molar-refractivity contribution in [1.29, 1.82) is 0 Å². The first-order valence-electron chi connectivity index (χ1n) is 10.6. The summed E-state index contributed by atoms with van der Waals surface area (Å²) >= 11 is 0. The van der Waals surface area contributed by atoms with Crippen LogP contribution in [0.2, 0.25) is 0 Å². The fourth-order valence-electron chi connectivity index (χ4n) is 6.48. The van der Waals surface area contributed by atoms with Gasteiger partial charge in [-0.1, -0.05) is 13.8 Å². The van der Waals surface area contributed by atoms with Gasteiger partial charge < -0.3 is 19.3 Å². The van der Waals surface area contributed by atoms with Crippen LogP contribution < -0.4 is 0 Å². The highest BCUT2D eigenvalue weighted by Gasteiger charge is 2.59. The van der Waals surface area contributed by atoms with E-state index in [1.54, 1.807) is 0 Å². The molecule has 1 aliphatic heterocycles. The number of ether oxygens (including phenoxy) is 3. The molecule has 1 heterocycles. The Kier molecular flexibility index (Phi) is 5.00. The summed E-state index contributed by atoms with van der Waals surface area (Å²) in [6, 6.07) is 0. The van der Waals surface area contributed by atoms with Gasteiger partial charge in [0.15, 0.2) is 6.61 Å². The number of esters is 2. The number of carbonyl (C=O) groups is 2. The lowest BCUT2D eigenvalue weighted by atomic mass is 9.52. The van der Waals surface area contributed by atoms with E-state index in [4.69, 9.17) is 14.2 Å². The lowest BCUT2D eigenvalue weighted by molar-refractivity contribution is -0.222.